The topological polar surface area (TPSA) is 75.3 Å². The number of hydrogen-bond donors (Lipinski definition) is 3. The molecule has 4 nitrogen and oxygen atoms in total. The van der Waals surface area contributed by atoms with Crippen LogP contribution >= 0.6 is 11.6 Å². The highest BCUT2D eigenvalue weighted by molar-refractivity contribution is 6.33. The monoisotopic (exact) mass is 270 g/mol. The summed E-state index contributed by atoms with van der Waals surface area (Å²) in [5, 5.41) is 12.1. The van der Waals surface area contributed by atoms with Crippen LogP contribution < -0.4 is 11.1 Å². The SMILES string of the molecule is CC(CO)CCCNC(=O)c1ccc(N)c(Cl)c1. The summed E-state index contributed by atoms with van der Waals surface area (Å²) in [4.78, 5) is 11.8. The van der Waals surface area contributed by atoms with Crippen molar-refractivity contribution in [3.05, 3.63) is 28.8 Å². The van der Waals surface area contributed by atoms with Crippen molar-refractivity contribution < 1.29 is 9.90 Å². The Bertz CT molecular complexity index is 410. The largest absolute Gasteiger partial charge is 0.398 e. The predicted molar refractivity (Wildman–Crippen MR) is 73.7 cm³/mol. The predicted octanol–water partition coefficient (Wildman–Crippen LogP) is 2.06. The Balaban J connectivity index is 2.39. The van der Waals surface area contributed by atoms with E-state index in [0.29, 0.717) is 22.8 Å². The third-order valence-electron chi connectivity index (χ3n) is 2.73. The average Bonchev–Trinajstić information content (AvgIpc) is 2.37. The van der Waals surface area contributed by atoms with Crippen molar-refractivity contribution >= 4 is 23.2 Å². The second kappa shape index (κ2) is 7.24. The van der Waals surface area contributed by atoms with Crippen LogP contribution in [0.4, 0.5) is 5.69 Å². The molecule has 0 aromatic heterocycles. The number of carbonyl (C=O) groups excluding carboxylic acids is 1. The second-order valence-corrected chi connectivity index (χ2v) is 4.83. The Morgan fingerprint density at radius 3 is 2.89 bits per heavy atom. The maximum Gasteiger partial charge on any atom is 0.251 e. The zero-order valence-corrected chi connectivity index (χ0v) is 11.2. The Labute approximate surface area is 112 Å². The molecule has 0 saturated heterocycles. The van der Waals surface area contributed by atoms with Crippen LogP contribution in [0.2, 0.25) is 5.02 Å². The van der Waals surface area contributed by atoms with Crippen molar-refractivity contribution in [2.24, 2.45) is 5.92 Å². The molecule has 5 heteroatoms. The van der Waals surface area contributed by atoms with Crippen LogP contribution in [0.3, 0.4) is 0 Å². The molecule has 0 aliphatic heterocycles. The van der Waals surface area contributed by atoms with E-state index in [0.717, 1.165) is 12.8 Å². The van der Waals surface area contributed by atoms with E-state index in [9.17, 15) is 4.79 Å². The molecule has 1 unspecified atom stereocenters. The third kappa shape index (κ3) is 4.55. The number of nitrogens with two attached hydrogens (primary N) is 1. The summed E-state index contributed by atoms with van der Waals surface area (Å²) in [5.74, 6) is 0.112. The van der Waals surface area contributed by atoms with Crippen LogP contribution in [0.25, 0.3) is 0 Å². The van der Waals surface area contributed by atoms with E-state index in [-0.39, 0.29) is 18.4 Å². The van der Waals surface area contributed by atoms with Gasteiger partial charge in [-0.15, -0.1) is 0 Å². The summed E-state index contributed by atoms with van der Waals surface area (Å²) in [7, 11) is 0. The Morgan fingerprint density at radius 1 is 1.56 bits per heavy atom. The fraction of sp³-hybridized carbons (Fsp3) is 0.462. The number of anilines is 1. The van der Waals surface area contributed by atoms with Crippen LogP contribution in [-0.2, 0) is 0 Å². The molecule has 0 aliphatic rings. The lowest BCUT2D eigenvalue weighted by molar-refractivity contribution is 0.0952. The highest BCUT2D eigenvalue weighted by atomic mass is 35.5. The maximum absolute atomic E-state index is 11.8. The number of benzene rings is 1. The van der Waals surface area contributed by atoms with E-state index in [1.807, 2.05) is 6.92 Å². The Kier molecular flexibility index (Phi) is 5.95. The van der Waals surface area contributed by atoms with Crippen molar-refractivity contribution in [2.45, 2.75) is 19.8 Å². The first-order chi connectivity index (χ1) is 8.54. The molecule has 100 valence electrons. The summed E-state index contributed by atoms with van der Waals surface area (Å²) in [6.07, 6.45) is 1.73. The number of amides is 1. The highest BCUT2D eigenvalue weighted by Gasteiger charge is 2.07. The molecule has 4 N–H and O–H groups in total. The smallest absolute Gasteiger partial charge is 0.251 e. The third-order valence-corrected chi connectivity index (χ3v) is 3.06. The lowest BCUT2D eigenvalue weighted by atomic mass is 10.1. The molecule has 1 amide bonds. The number of halogens is 1. The summed E-state index contributed by atoms with van der Waals surface area (Å²) < 4.78 is 0. The second-order valence-electron chi connectivity index (χ2n) is 4.42. The number of nitrogen functional groups attached to an aromatic ring is 1. The van der Waals surface area contributed by atoms with Gasteiger partial charge in [-0.25, -0.2) is 0 Å². The molecule has 0 spiro atoms. The summed E-state index contributed by atoms with van der Waals surface area (Å²) in [6.45, 7) is 2.74. The number of carbonyl (C=O) groups is 1. The number of nitrogens with one attached hydrogen (secondary N) is 1. The maximum atomic E-state index is 11.8. The van der Waals surface area contributed by atoms with E-state index >= 15 is 0 Å². The van der Waals surface area contributed by atoms with Crippen molar-refractivity contribution in [1.29, 1.82) is 0 Å². The summed E-state index contributed by atoms with van der Waals surface area (Å²) >= 11 is 5.85. The molecule has 0 aliphatic carbocycles. The van der Waals surface area contributed by atoms with Gasteiger partial charge in [0.05, 0.1) is 10.7 Å². The van der Waals surface area contributed by atoms with Crippen LogP contribution in [0.1, 0.15) is 30.1 Å². The van der Waals surface area contributed by atoms with Gasteiger partial charge in [-0.2, -0.15) is 0 Å². The van der Waals surface area contributed by atoms with Crippen molar-refractivity contribution in [3.63, 3.8) is 0 Å². The molecule has 0 fully saturated rings. The van der Waals surface area contributed by atoms with Gasteiger partial charge in [-0.1, -0.05) is 18.5 Å². The van der Waals surface area contributed by atoms with E-state index < -0.39 is 0 Å². The standard InChI is InChI=1S/C13H19ClN2O2/c1-9(8-17)3-2-6-16-13(18)10-4-5-12(15)11(14)7-10/h4-5,7,9,17H,2-3,6,8,15H2,1H3,(H,16,18). The van der Waals surface area contributed by atoms with Gasteiger partial charge in [-0.3, -0.25) is 4.79 Å². The molecule has 0 saturated carbocycles. The van der Waals surface area contributed by atoms with Crippen LogP contribution in [-0.4, -0.2) is 24.2 Å². The van der Waals surface area contributed by atoms with Gasteiger partial charge in [0, 0.05) is 18.7 Å². The number of rotatable bonds is 6. The minimum Gasteiger partial charge on any atom is -0.398 e. The molecular weight excluding hydrogens is 252 g/mol. The molecular formula is C13H19ClN2O2. The van der Waals surface area contributed by atoms with Crippen molar-refractivity contribution in [3.8, 4) is 0 Å². The van der Waals surface area contributed by atoms with Crippen LogP contribution in [0.15, 0.2) is 18.2 Å². The van der Waals surface area contributed by atoms with Gasteiger partial charge in [0.15, 0.2) is 0 Å². The fourth-order valence-electron chi connectivity index (χ4n) is 1.51. The van der Waals surface area contributed by atoms with Crippen LogP contribution in [0.5, 0.6) is 0 Å². The molecule has 1 rings (SSSR count). The molecule has 0 heterocycles. The lowest BCUT2D eigenvalue weighted by Gasteiger charge is -2.09. The van der Waals surface area contributed by atoms with Crippen molar-refractivity contribution in [1.82, 2.24) is 5.32 Å². The molecule has 1 atom stereocenters. The lowest BCUT2D eigenvalue weighted by Crippen LogP contribution is -2.24. The molecule has 1 aromatic carbocycles. The van der Waals surface area contributed by atoms with Gasteiger partial charge in [0.2, 0.25) is 0 Å². The average molecular weight is 271 g/mol. The van der Waals surface area contributed by atoms with E-state index in [2.05, 4.69) is 5.32 Å². The molecule has 0 radical (unpaired) electrons. The number of aliphatic hydroxyl groups is 1. The molecule has 18 heavy (non-hydrogen) atoms. The normalized spacial score (nSPS) is 12.2. The summed E-state index contributed by atoms with van der Waals surface area (Å²) in [6, 6.07) is 4.82. The zero-order chi connectivity index (χ0) is 13.5. The number of aliphatic hydroxyl groups excluding tert-OH is 1. The van der Waals surface area contributed by atoms with Gasteiger partial charge in [0.1, 0.15) is 0 Å². The summed E-state index contributed by atoms with van der Waals surface area (Å²) in [5.41, 5.74) is 6.54. The number of hydrogen-bond acceptors (Lipinski definition) is 3. The van der Waals surface area contributed by atoms with E-state index in [4.69, 9.17) is 22.4 Å². The Morgan fingerprint density at radius 2 is 2.28 bits per heavy atom. The fourth-order valence-corrected chi connectivity index (χ4v) is 1.69. The minimum absolute atomic E-state index is 0.159. The van der Waals surface area contributed by atoms with Gasteiger partial charge in [0.25, 0.3) is 5.91 Å². The zero-order valence-electron chi connectivity index (χ0n) is 10.4. The van der Waals surface area contributed by atoms with Crippen molar-refractivity contribution in [2.75, 3.05) is 18.9 Å². The van der Waals surface area contributed by atoms with Gasteiger partial charge < -0.3 is 16.2 Å². The first-order valence-corrected chi connectivity index (χ1v) is 6.36. The van der Waals surface area contributed by atoms with E-state index in [1.54, 1.807) is 18.2 Å². The van der Waals surface area contributed by atoms with Gasteiger partial charge >= 0.3 is 0 Å². The van der Waals surface area contributed by atoms with Gasteiger partial charge in [-0.05, 0) is 37.0 Å². The quantitative estimate of drug-likeness (QED) is 0.547. The highest BCUT2D eigenvalue weighted by Crippen LogP contribution is 2.19. The molecule has 0 bridgehead atoms. The first kappa shape index (κ1) is 14.8. The first-order valence-electron chi connectivity index (χ1n) is 5.98. The van der Waals surface area contributed by atoms with E-state index in [1.165, 1.54) is 0 Å². The van der Waals surface area contributed by atoms with Crippen LogP contribution in [0, 0.1) is 5.92 Å². The molecule has 1 aromatic rings. The Hall–Kier alpha value is -1.26. The minimum atomic E-state index is -0.159.